The molecule has 0 spiro atoms. The summed E-state index contributed by atoms with van der Waals surface area (Å²) < 4.78 is 389. The minimum Gasteiger partial charge on any atom is -0.311 e. The lowest BCUT2D eigenvalue weighted by molar-refractivity contribution is -0.485. The van der Waals surface area contributed by atoms with Crippen molar-refractivity contribution in [2.75, 3.05) is 0 Å². The van der Waals surface area contributed by atoms with Gasteiger partial charge < -0.3 is 4.43 Å². The molecule has 0 unspecified atom stereocenters. The van der Waals surface area contributed by atoms with Crippen LogP contribution in [0.25, 0.3) is 0 Å². The Hall–Kier alpha value is -1.93. The smallest absolute Gasteiger partial charge is 0.311 e. The maximum atomic E-state index is 13.7. The number of halogens is 29. The van der Waals surface area contributed by atoms with E-state index in [0.717, 1.165) is 0 Å². The van der Waals surface area contributed by atoms with Gasteiger partial charge in [-0.1, -0.05) is 0 Å². The minimum absolute atomic E-state index is 1.59. The van der Waals surface area contributed by atoms with Crippen LogP contribution in [0.2, 0.25) is 0 Å². The van der Waals surface area contributed by atoms with E-state index in [4.69, 9.17) is 1.23 Å². The zero-order chi connectivity index (χ0) is 39.1. The molecular formula is C13HF29O3Si. The van der Waals surface area contributed by atoms with Crippen molar-refractivity contribution in [3.05, 3.63) is 0 Å². The van der Waals surface area contributed by atoms with Crippen molar-refractivity contribution in [2.45, 2.75) is 78.3 Å². The van der Waals surface area contributed by atoms with E-state index in [2.05, 4.69) is 0 Å². The first-order chi connectivity index (χ1) is 19.6. The van der Waals surface area contributed by atoms with Gasteiger partial charge in [0.25, 0.3) is 0 Å². The zero-order valence-electron chi connectivity index (χ0n) is 20.2. The fourth-order valence-electron chi connectivity index (χ4n) is 2.16. The average molecular weight is 785 g/mol. The number of alkyl halides is 29. The van der Waals surface area contributed by atoms with Crippen LogP contribution in [0, 0.1) is 0 Å². The summed E-state index contributed by atoms with van der Waals surface area (Å²) >= 11 is 0. The largest absolute Gasteiger partial charge is 0.515 e. The van der Waals surface area contributed by atoms with E-state index in [0.29, 0.717) is 0 Å². The number of rotatable bonds is 13. The monoisotopic (exact) mass is 785 g/mol. The molecule has 0 aromatic carbocycles. The van der Waals surface area contributed by atoms with Gasteiger partial charge in [-0.3, -0.25) is 8.85 Å². The summed E-state index contributed by atoms with van der Waals surface area (Å²) in [4.78, 5) is 0. The molecule has 0 saturated carbocycles. The van der Waals surface area contributed by atoms with Crippen LogP contribution in [-0.4, -0.2) is 89.0 Å². The van der Waals surface area contributed by atoms with E-state index in [-0.39, 0.29) is 0 Å². The summed E-state index contributed by atoms with van der Waals surface area (Å²) in [6.07, 6.45) is -30.9. The molecule has 0 atom stereocenters. The van der Waals surface area contributed by atoms with E-state index < -0.39 is 87.8 Å². The van der Waals surface area contributed by atoms with Gasteiger partial charge in [-0.25, -0.2) is 0 Å². The fraction of sp³-hybridized carbons (Fsp3) is 1.00. The first-order valence-corrected chi connectivity index (χ1v) is 10.4. The third kappa shape index (κ3) is 6.68. The Morgan fingerprint density at radius 1 is 0.283 bits per heavy atom. The predicted octanol–water partition coefficient (Wildman–Crippen LogP) is 8.67. The van der Waals surface area contributed by atoms with Gasteiger partial charge in [0.05, 0.1) is 0 Å². The van der Waals surface area contributed by atoms with Crippen molar-refractivity contribution in [3.8, 4) is 0 Å². The van der Waals surface area contributed by atoms with Crippen molar-refractivity contribution in [1.82, 2.24) is 0 Å². The van der Waals surface area contributed by atoms with Crippen LogP contribution in [-0.2, 0) is 13.3 Å². The van der Waals surface area contributed by atoms with E-state index >= 15 is 0 Å². The lowest BCUT2D eigenvalue weighted by Crippen LogP contribution is -2.77. The second kappa shape index (κ2) is 11.3. The van der Waals surface area contributed by atoms with Crippen molar-refractivity contribution in [1.29, 1.82) is 1.23 Å². The van der Waals surface area contributed by atoms with Crippen LogP contribution in [0.4, 0.5) is 127 Å². The van der Waals surface area contributed by atoms with Crippen LogP contribution < -0.4 is 0 Å². The first kappa shape index (κ1) is 42.1. The lowest BCUT2D eigenvalue weighted by atomic mass is 9.86. The Morgan fingerprint density at radius 3 is 0.674 bits per heavy atom. The van der Waals surface area contributed by atoms with Crippen molar-refractivity contribution < 1.29 is 141 Å². The third-order valence-electron chi connectivity index (χ3n) is 4.49. The molecule has 3 nitrogen and oxygen atoms in total. The summed E-state index contributed by atoms with van der Waals surface area (Å²) in [7, 11) is -8.70. The second-order valence-corrected chi connectivity index (χ2v) is 8.74. The van der Waals surface area contributed by atoms with Gasteiger partial charge in [0.15, 0.2) is 0 Å². The van der Waals surface area contributed by atoms with Crippen LogP contribution in [0.15, 0.2) is 0 Å². The summed E-state index contributed by atoms with van der Waals surface area (Å²) in [5.41, 5.74) is 0. The molecule has 46 heavy (non-hydrogen) atoms. The molecule has 0 heterocycles. The van der Waals surface area contributed by atoms with E-state index in [9.17, 15) is 127 Å². The van der Waals surface area contributed by atoms with Crippen LogP contribution >= 0.6 is 0 Å². The van der Waals surface area contributed by atoms with Gasteiger partial charge in [-0.05, 0) is 0 Å². The van der Waals surface area contributed by atoms with Crippen molar-refractivity contribution in [2.24, 2.45) is 0 Å². The van der Waals surface area contributed by atoms with Crippen LogP contribution in [0.1, 0.15) is 0 Å². The highest BCUT2D eigenvalue weighted by Gasteiger charge is 2.99. The zero-order valence-corrected chi connectivity index (χ0v) is 20.2. The molecular weight excluding hydrogens is 783 g/mol. The molecule has 0 rings (SSSR count). The number of hydrogen-bond acceptors (Lipinski definition) is 3. The topological polar surface area (TPSA) is 27.7 Å². The molecule has 0 bridgehead atoms. The number of hydrogen-bond donors (Lipinski definition) is 0. The Balaban J connectivity index is 7.33. The highest BCUT2D eigenvalue weighted by atomic mass is 28.3. The summed E-state index contributed by atoms with van der Waals surface area (Å²) in [6, 6.07) is 0. The van der Waals surface area contributed by atoms with Crippen molar-refractivity contribution in [3.63, 3.8) is 0 Å². The standard InChI is InChI=1S/C13HF29O3Si/c14-1(15,2(16,17)4(20,21)6(24,25)8(28,29)10(32,33)34)3(18,19)5(22,23)7(26,27)9(30,31)11(35,36)43-46(44-12(37,38)39)45-13(40,41)42/h46H/i46D. The van der Waals surface area contributed by atoms with Gasteiger partial charge in [-0.2, -0.15) is 101 Å². The molecule has 33 heteroatoms. The molecule has 0 aliphatic carbocycles. The minimum atomic E-state index is -9.82. The van der Waals surface area contributed by atoms with Gasteiger partial charge >= 0.3 is 87.8 Å². The summed E-state index contributed by atoms with van der Waals surface area (Å²) in [5, 5.41) is 0. The second-order valence-electron chi connectivity index (χ2n) is 7.63. The average Bonchev–Trinajstić information content (AvgIpc) is 2.73. The Kier molecular flexibility index (Phi) is 10.4. The highest BCUT2D eigenvalue weighted by Crippen LogP contribution is 2.67. The quantitative estimate of drug-likeness (QED) is 0.138. The molecule has 0 N–H and O–H groups in total. The van der Waals surface area contributed by atoms with Crippen molar-refractivity contribution >= 4 is 9.46 Å². The van der Waals surface area contributed by atoms with E-state index in [1.165, 1.54) is 0 Å². The Morgan fingerprint density at radius 2 is 0.478 bits per heavy atom. The van der Waals surface area contributed by atoms with Gasteiger partial charge in [0.1, 0.15) is 1.23 Å². The van der Waals surface area contributed by atoms with Crippen LogP contribution in [0.3, 0.4) is 0 Å². The molecule has 0 aliphatic rings. The lowest BCUT2D eigenvalue weighted by Gasteiger charge is -2.45. The molecule has 0 saturated heterocycles. The maximum Gasteiger partial charge on any atom is 0.515 e. The SMILES string of the molecule is [2H][Si](OC(F)(F)F)(OC(F)(F)F)OC(F)(F)C(F)(F)C(F)(F)C(F)(F)C(F)(F)C(F)(F)C(F)(F)C(F)(F)C(F)(F)C(F)(F)C(F)(F)F. The molecule has 0 fully saturated rings. The van der Waals surface area contributed by atoms with Gasteiger partial charge in [-0.15, -0.1) is 26.3 Å². The van der Waals surface area contributed by atoms with E-state index in [1.807, 2.05) is 0 Å². The maximum absolute atomic E-state index is 13.7. The first-order valence-electron chi connectivity index (χ1n) is 9.71. The molecule has 0 radical (unpaired) electrons. The molecule has 0 aromatic heterocycles. The van der Waals surface area contributed by atoms with E-state index in [1.54, 1.807) is 13.3 Å². The normalized spacial score (nSPS) is 17.4. The van der Waals surface area contributed by atoms with Gasteiger partial charge in [0, 0.05) is 0 Å². The molecule has 0 aliphatic heterocycles. The molecule has 0 aromatic rings. The van der Waals surface area contributed by atoms with Gasteiger partial charge in [0.2, 0.25) is 0 Å². The Bertz CT molecular complexity index is 1100. The highest BCUT2D eigenvalue weighted by molar-refractivity contribution is 6.36. The summed E-state index contributed by atoms with van der Waals surface area (Å²) in [5.74, 6) is -85.4. The molecule has 0 amide bonds. The Labute approximate surface area is 231 Å². The molecule has 278 valence electrons. The summed E-state index contributed by atoms with van der Waals surface area (Å²) in [6.45, 7) is 0. The van der Waals surface area contributed by atoms with Crippen LogP contribution in [0.5, 0.6) is 0 Å². The fourth-order valence-corrected chi connectivity index (χ4v) is 3.00. The predicted molar refractivity (Wildman–Crippen MR) is 78.0 cm³/mol. The third-order valence-corrected chi connectivity index (χ3v) is 5.71.